The van der Waals surface area contributed by atoms with E-state index in [1.165, 1.54) is 30.4 Å². The summed E-state index contributed by atoms with van der Waals surface area (Å²) in [7, 11) is 4.55. The summed E-state index contributed by atoms with van der Waals surface area (Å²) in [5.74, 6) is 1.16. The van der Waals surface area contributed by atoms with Crippen molar-refractivity contribution in [3.63, 3.8) is 0 Å². The maximum Gasteiger partial charge on any atom is 0.0228 e. The molecule has 1 aliphatic carbocycles. The minimum atomic E-state index is 0.293. The van der Waals surface area contributed by atoms with Crippen molar-refractivity contribution in [2.75, 3.05) is 20.6 Å². The molecule has 2 bridgehead atoms. The van der Waals surface area contributed by atoms with Gasteiger partial charge in [-0.25, -0.2) is 0 Å². The molecule has 3 aliphatic rings. The van der Waals surface area contributed by atoms with E-state index in [1.807, 2.05) is 0 Å². The second-order valence-corrected chi connectivity index (χ2v) is 7.79. The normalized spacial score (nSPS) is 32.7. The third-order valence-electron chi connectivity index (χ3n) is 6.44. The number of hydrogen-bond donors (Lipinski definition) is 1. The fourth-order valence-corrected chi connectivity index (χ4v) is 5.04. The van der Waals surface area contributed by atoms with Crippen molar-refractivity contribution in [1.29, 1.82) is 0 Å². The molecule has 0 amide bonds. The van der Waals surface area contributed by atoms with E-state index in [2.05, 4.69) is 85.0 Å². The number of nitrogens with zero attached hydrogens (tertiary/aromatic N) is 1. The molecule has 0 radical (unpaired) electrons. The van der Waals surface area contributed by atoms with Gasteiger partial charge in [0.25, 0.3) is 0 Å². The molecule has 5 rings (SSSR count). The lowest BCUT2D eigenvalue weighted by molar-refractivity contribution is 0.0790. The fourth-order valence-electron chi connectivity index (χ4n) is 5.04. The SMILES string of the molecule is CN(C)C12CCNC([C@@H](c3ccccc3)C1)[C@@H](c1ccccc1)C2. The second kappa shape index (κ2) is 6.34. The van der Waals surface area contributed by atoms with Crippen LogP contribution in [0.3, 0.4) is 0 Å². The van der Waals surface area contributed by atoms with E-state index in [-0.39, 0.29) is 0 Å². The molecule has 3 fully saturated rings. The van der Waals surface area contributed by atoms with Crippen LogP contribution in [0.25, 0.3) is 0 Å². The summed E-state index contributed by atoms with van der Waals surface area (Å²) in [6, 6.07) is 22.8. The van der Waals surface area contributed by atoms with Crippen molar-refractivity contribution in [1.82, 2.24) is 10.2 Å². The lowest BCUT2D eigenvalue weighted by atomic mass is 9.64. The number of hydrogen-bond acceptors (Lipinski definition) is 2. The highest BCUT2D eigenvalue weighted by Crippen LogP contribution is 2.50. The number of benzene rings is 2. The molecule has 2 heteroatoms. The van der Waals surface area contributed by atoms with Crippen molar-refractivity contribution >= 4 is 0 Å². The summed E-state index contributed by atoms with van der Waals surface area (Å²) in [5, 5.41) is 3.92. The van der Waals surface area contributed by atoms with Gasteiger partial charge in [-0.05, 0) is 51.0 Å². The third kappa shape index (κ3) is 2.68. The maximum absolute atomic E-state index is 3.92. The van der Waals surface area contributed by atoms with Crippen LogP contribution in [0.1, 0.15) is 42.2 Å². The molecule has 0 unspecified atom stereocenters. The highest BCUT2D eigenvalue weighted by atomic mass is 15.2. The zero-order valence-corrected chi connectivity index (χ0v) is 14.8. The molecular weight excluding hydrogens is 292 g/mol. The number of nitrogens with one attached hydrogen (secondary N) is 1. The Labute approximate surface area is 145 Å². The first-order valence-electron chi connectivity index (χ1n) is 9.20. The summed E-state index contributed by atoms with van der Waals surface area (Å²) in [5.41, 5.74) is 3.27. The van der Waals surface area contributed by atoms with E-state index in [0.29, 0.717) is 23.4 Å². The summed E-state index contributed by atoms with van der Waals surface area (Å²) >= 11 is 0. The molecule has 0 spiro atoms. The molecule has 2 heterocycles. The standard InChI is InChI=1S/C22H28N2/c1-24(2)22-13-14-23-21(19(15-22)17-9-5-3-6-10-17)20(16-22)18-11-7-4-8-12-18/h3-12,19-21,23H,13-16H2,1-2H3/t19-,20-,21?,22?/m1/s1. The quantitative estimate of drug-likeness (QED) is 0.919. The van der Waals surface area contributed by atoms with Gasteiger partial charge in [0.1, 0.15) is 0 Å². The van der Waals surface area contributed by atoms with Crippen LogP contribution in [0.4, 0.5) is 0 Å². The minimum Gasteiger partial charge on any atom is -0.313 e. The van der Waals surface area contributed by atoms with Crippen molar-refractivity contribution in [3.8, 4) is 0 Å². The lowest BCUT2D eigenvalue weighted by Gasteiger charge is -2.49. The Bertz CT molecular complexity index is 615. The second-order valence-electron chi connectivity index (χ2n) is 7.79. The molecule has 2 aromatic carbocycles. The Hall–Kier alpha value is -1.64. The zero-order chi connectivity index (χ0) is 16.6. The van der Waals surface area contributed by atoms with Gasteiger partial charge < -0.3 is 10.2 Å². The van der Waals surface area contributed by atoms with Crippen LogP contribution in [0, 0.1) is 0 Å². The molecule has 2 atom stereocenters. The van der Waals surface area contributed by atoms with Gasteiger partial charge in [-0.2, -0.15) is 0 Å². The van der Waals surface area contributed by atoms with Crippen molar-refractivity contribution in [2.45, 2.75) is 42.7 Å². The molecule has 2 aliphatic heterocycles. The average Bonchev–Trinajstić information content (AvgIpc) is 2.94. The van der Waals surface area contributed by atoms with Crippen molar-refractivity contribution < 1.29 is 0 Å². The first-order chi connectivity index (χ1) is 11.7. The Morgan fingerprint density at radius 1 is 0.833 bits per heavy atom. The first kappa shape index (κ1) is 15.9. The fraction of sp³-hybridized carbons (Fsp3) is 0.455. The predicted molar refractivity (Wildman–Crippen MR) is 100 cm³/mol. The molecule has 2 saturated heterocycles. The van der Waals surface area contributed by atoms with Crippen LogP contribution in [0.15, 0.2) is 60.7 Å². The van der Waals surface area contributed by atoms with Crippen LogP contribution in [-0.2, 0) is 0 Å². The smallest absolute Gasteiger partial charge is 0.0228 e. The molecule has 2 aromatic rings. The molecule has 1 saturated carbocycles. The average molecular weight is 320 g/mol. The van der Waals surface area contributed by atoms with E-state index >= 15 is 0 Å². The monoisotopic (exact) mass is 320 g/mol. The van der Waals surface area contributed by atoms with Gasteiger partial charge in [-0.1, -0.05) is 60.7 Å². The first-order valence-corrected chi connectivity index (χ1v) is 9.20. The van der Waals surface area contributed by atoms with Crippen LogP contribution < -0.4 is 5.32 Å². The maximum atomic E-state index is 3.92. The third-order valence-corrected chi connectivity index (χ3v) is 6.44. The molecule has 1 N–H and O–H groups in total. The van der Waals surface area contributed by atoms with Crippen molar-refractivity contribution in [3.05, 3.63) is 71.8 Å². The van der Waals surface area contributed by atoms with Gasteiger partial charge in [0.05, 0.1) is 0 Å². The largest absolute Gasteiger partial charge is 0.313 e. The van der Waals surface area contributed by atoms with Gasteiger partial charge in [0.15, 0.2) is 0 Å². The number of fused-ring (bicyclic) bond motifs is 4. The number of rotatable bonds is 3. The van der Waals surface area contributed by atoms with E-state index < -0.39 is 0 Å². The van der Waals surface area contributed by atoms with Gasteiger partial charge in [-0.15, -0.1) is 0 Å². The lowest BCUT2D eigenvalue weighted by Crippen LogP contribution is -2.52. The predicted octanol–water partition coefficient (Wildman–Crippen LogP) is 4.01. The van der Waals surface area contributed by atoms with Gasteiger partial charge in [-0.3, -0.25) is 0 Å². The van der Waals surface area contributed by atoms with Crippen LogP contribution in [-0.4, -0.2) is 37.1 Å². The van der Waals surface area contributed by atoms with Gasteiger partial charge in [0, 0.05) is 23.4 Å². The summed E-state index contributed by atoms with van der Waals surface area (Å²) in [4.78, 5) is 2.50. The minimum absolute atomic E-state index is 0.293. The molecule has 0 aromatic heterocycles. The van der Waals surface area contributed by atoms with Crippen LogP contribution >= 0.6 is 0 Å². The summed E-state index contributed by atoms with van der Waals surface area (Å²) in [6.45, 7) is 1.12. The van der Waals surface area contributed by atoms with Crippen LogP contribution in [0.5, 0.6) is 0 Å². The van der Waals surface area contributed by atoms with E-state index in [9.17, 15) is 0 Å². The Kier molecular flexibility index (Phi) is 4.19. The highest BCUT2D eigenvalue weighted by molar-refractivity contribution is 5.32. The highest BCUT2D eigenvalue weighted by Gasteiger charge is 2.49. The molecule has 126 valence electrons. The van der Waals surface area contributed by atoms with Gasteiger partial charge in [0.2, 0.25) is 0 Å². The van der Waals surface area contributed by atoms with E-state index in [1.54, 1.807) is 0 Å². The van der Waals surface area contributed by atoms with E-state index in [4.69, 9.17) is 0 Å². The Morgan fingerprint density at radius 3 is 1.79 bits per heavy atom. The molecule has 2 nitrogen and oxygen atoms in total. The van der Waals surface area contributed by atoms with E-state index in [0.717, 1.165) is 6.54 Å². The van der Waals surface area contributed by atoms with Crippen molar-refractivity contribution in [2.24, 2.45) is 0 Å². The molecule has 24 heavy (non-hydrogen) atoms. The molecular formula is C22H28N2. The van der Waals surface area contributed by atoms with Gasteiger partial charge >= 0.3 is 0 Å². The van der Waals surface area contributed by atoms with Crippen LogP contribution in [0.2, 0.25) is 0 Å². The summed E-state index contributed by atoms with van der Waals surface area (Å²) in [6.07, 6.45) is 3.75. The Balaban J connectivity index is 1.79. The summed E-state index contributed by atoms with van der Waals surface area (Å²) < 4.78 is 0. The zero-order valence-electron chi connectivity index (χ0n) is 14.8. The Morgan fingerprint density at radius 2 is 1.33 bits per heavy atom. The topological polar surface area (TPSA) is 15.3 Å².